The fourth-order valence-corrected chi connectivity index (χ4v) is 1.30. The number of hydrogen-bond acceptors (Lipinski definition) is 4. The molecule has 0 aliphatic rings. The molecule has 0 radical (unpaired) electrons. The lowest BCUT2D eigenvalue weighted by atomic mass is 10.1. The first-order chi connectivity index (χ1) is 8.83. The van der Waals surface area contributed by atoms with Crippen molar-refractivity contribution in [2.75, 3.05) is 20.5 Å². The molecular formula is C12H13F3O4. The molecule has 0 aliphatic carbocycles. The molecule has 1 aromatic carbocycles. The molecule has 0 spiro atoms. The molecule has 0 saturated heterocycles. The predicted molar refractivity (Wildman–Crippen MR) is 60.5 cm³/mol. The van der Waals surface area contributed by atoms with Crippen LogP contribution in [-0.2, 0) is 4.74 Å². The summed E-state index contributed by atoms with van der Waals surface area (Å²) in [6.45, 7) is -0.690. The van der Waals surface area contributed by atoms with Gasteiger partial charge in [-0.15, -0.1) is 0 Å². The van der Waals surface area contributed by atoms with Crippen molar-refractivity contribution in [1.29, 1.82) is 0 Å². The number of ether oxygens (including phenoxy) is 3. The van der Waals surface area contributed by atoms with Crippen LogP contribution >= 0.6 is 0 Å². The molecule has 1 aromatic rings. The molecule has 0 aliphatic heterocycles. The van der Waals surface area contributed by atoms with Crippen LogP contribution < -0.4 is 9.47 Å². The number of rotatable bonds is 6. The quantitative estimate of drug-likeness (QED) is 0.456. The SMILES string of the molecule is COc1ccc(C(C)=O)c(OCOCC(F)(F)F)c1. The number of methoxy groups -OCH3 is 1. The van der Waals surface area contributed by atoms with E-state index < -0.39 is 19.6 Å². The van der Waals surface area contributed by atoms with Gasteiger partial charge in [0.25, 0.3) is 0 Å². The van der Waals surface area contributed by atoms with Crippen molar-refractivity contribution in [3.8, 4) is 11.5 Å². The third kappa shape index (κ3) is 5.17. The van der Waals surface area contributed by atoms with E-state index in [-0.39, 0.29) is 17.1 Å². The summed E-state index contributed by atoms with van der Waals surface area (Å²) in [6.07, 6.45) is -4.42. The number of alkyl halides is 3. The topological polar surface area (TPSA) is 44.8 Å². The maximum absolute atomic E-state index is 11.9. The van der Waals surface area contributed by atoms with E-state index in [9.17, 15) is 18.0 Å². The van der Waals surface area contributed by atoms with E-state index in [1.165, 1.54) is 26.2 Å². The number of hydrogen-bond donors (Lipinski definition) is 0. The fraction of sp³-hybridized carbons (Fsp3) is 0.417. The number of carbonyl (C=O) groups is 1. The first-order valence-electron chi connectivity index (χ1n) is 5.30. The first kappa shape index (κ1) is 15.3. The van der Waals surface area contributed by atoms with Crippen LogP contribution in [0.4, 0.5) is 13.2 Å². The van der Waals surface area contributed by atoms with Crippen molar-refractivity contribution in [1.82, 2.24) is 0 Å². The average molecular weight is 278 g/mol. The van der Waals surface area contributed by atoms with Crippen LogP contribution in [0, 0.1) is 0 Å². The Kier molecular flexibility index (Phi) is 5.17. The van der Waals surface area contributed by atoms with Gasteiger partial charge in [0.15, 0.2) is 12.6 Å². The molecule has 0 N–H and O–H groups in total. The molecule has 1 rings (SSSR count). The second-order valence-electron chi connectivity index (χ2n) is 3.64. The number of halogens is 3. The van der Waals surface area contributed by atoms with Crippen LogP contribution in [0.3, 0.4) is 0 Å². The standard InChI is InChI=1S/C12H13F3O4/c1-8(16)10-4-3-9(17-2)5-11(10)19-7-18-6-12(13,14)15/h3-5H,6-7H2,1-2H3. The number of carbonyl (C=O) groups excluding carboxylic acids is 1. The van der Waals surface area contributed by atoms with Crippen LogP contribution in [0.2, 0.25) is 0 Å². The second-order valence-corrected chi connectivity index (χ2v) is 3.64. The molecule has 0 fully saturated rings. The van der Waals surface area contributed by atoms with Crippen LogP contribution in [0.25, 0.3) is 0 Å². The molecule has 0 atom stereocenters. The van der Waals surface area contributed by atoms with E-state index in [4.69, 9.17) is 9.47 Å². The number of benzene rings is 1. The zero-order valence-corrected chi connectivity index (χ0v) is 10.4. The molecular weight excluding hydrogens is 265 g/mol. The summed E-state index contributed by atoms with van der Waals surface area (Å²) in [5, 5.41) is 0. The maximum atomic E-state index is 11.9. The number of ketones is 1. The zero-order valence-electron chi connectivity index (χ0n) is 10.4. The Morgan fingerprint density at radius 3 is 2.53 bits per heavy atom. The van der Waals surface area contributed by atoms with E-state index in [0.29, 0.717) is 5.75 Å². The van der Waals surface area contributed by atoms with Gasteiger partial charge < -0.3 is 14.2 Å². The summed E-state index contributed by atoms with van der Waals surface area (Å²) in [5.41, 5.74) is 0.247. The van der Waals surface area contributed by atoms with Gasteiger partial charge in [0.1, 0.15) is 18.1 Å². The largest absolute Gasteiger partial charge is 0.497 e. The van der Waals surface area contributed by atoms with Crippen molar-refractivity contribution in [2.45, 2.75) is 13.1 Å². The monoisotopic (exact) mass is 278 g/mol. The lowest BCUT2D eigenvalue weighted by Gasteiger charge is -2.12. The highest BCUT2D eigenvalue weighted by molar-refractivity contribution is 5.97. The Bertz CT molecular complexity index is 443. The van der Waals surface area contributed by atoms with E-state index in [1.807, 2.05) is 0 Å². The highest BCUT2D eigenvalue weighted by Crippen LogP contribution is 2.25. The Morgan fingerprint density at radius 1 is 1.32 bits per heavy atom. The minimum Gasteiger partial charge on any atom is -0.497 e. The third-order valence-electron chi connectivity index (χ3n) is 2.13. The Labute approximate surface area is 108 Å². The van der Waals surface area contributed by atoms with E-state index in [2.05, 4.69) is 4.74 Å². The summed E-state index contributed by atoms with van der Waals surface area (Å²) in [4.78, 5) is 11.3. The molecule has 0 bridgehead atoms. The van der Waals surface area contributed by atoms with Crippen molar-refractivity contribution >= 4 is 5.78 Å². The first-order valence-corrected chi connectivity index (χ1v) is 5.30. The van der Waals surface area contributed by atoms with Gasteiger partial charge in [0.05, 0.1) is 12.7 Å². The summed E-state index contributed by atoms with van der Waals surface area (Å²) in [7, 11) is 1.42. The van der Waals surface area contributed by atoms with Gasteiger partial charge in [-0.05, 0) is 19.1 Å². The lowest BCUT2D eigenvalue weighted by molar-refractivity contribution is -0.186. The molecule has 106 valence electrons. The van der Waals surface area contributed by atoms with Gasteiger partial charge in [-0.2, -0.15) is 13.2 Å². The van der Waals surface area contributed by atoms with E-state index in [0.717, 1.165) is 0 Å². The molecule has 4 nitrogen and oxygen atoms in total. The van der Waals surface area contributed by atoms with Crippen LogP contribution in [-0.4, -0.2) is 32.5 Å². The number of Topliss-reactive ketones (excluding diaryl/α,β-unsaturated/α-hetero) is 1. The fourth-order valence-electron chi connectivity index (χ4n) is 1.30. The van der Waals surface area contributed by atoms with Gasteiger partial charge >= 0.3 is 6.18 Å². The van der Waals surface area contributed by atoms with Crippen molar-refractivity contribution in [2.24, 2.45) is 0 Å². The maximum Gasteiger partial charge on any atom is 0.411 e. The van der Waals surface area contributed by atoms with Gasteiger partial charge in [0.2, 0.25) is 0 Å². The summed E-state index contributed by atoms with van der Waals surface area (Å²) >= 11 is 0. The van der Waals surface area contributed by atoms with Gasteiger partial charge in [-0.3, -0.25) is 4.79 Å². The normalized spacial score (nSPS) is 11.2. The Hall–Kier alpha value is -1.76. The highest BCUT2D eigenvalue weighted by Gasteiger charge is 2.27. The van der Waals surface area contributed by atoms with Crippen molar-refractivity contribution < 1.29 is 32.2 Å². The Morgan fingerprint density at radius 2 is 2.00 bits per heavy atom. The zero-order chi connectivity index (χ0) is 14.5. The summed E-state index contributed by atoms with van der Waals surface area (Å²) in [6, 6.07) is 4.44. The minimum atomic E-state index is -4.42. The highest BCUT2D eigenvalue weighted by atomic mass is 19.4. The van der Waals surface area contributed by atoms with E-state index >= 15 is 0 Å². The molecule has 7 heteroatoms. The molecule has 19 heavy (non-hydrogen) atoms. The van der Waals surface area contributed by atoms with E-state index in [1.54, 1.807) is 6.07 Å². The summed E-state index contributed by atoms with van der Waals surface area (Å²) < 4.78 is 49.8. The molecule has 0 saturated carbocycles. The van der Waals surface area contributed by atoms with Crippen molar-refractivity contribution in [3.63, 3.8) is 0 Å². The van der Waals surface area contributed by atoms with Crippen LogP contribution in [0.1, 0.15) is 17.3 Å². The van der Waals surface area contributed by atoms with Gasteiger partial charge in [0, 0.05) is 6.07 Å². The third-order valence-corrected chi connectivity index (χ3v) is 2.13. The van der Waals surface area contributed by atoms with Gasteiger partial charge in [-0.1, -0.05) is 0 Å². The van der Waals surface area contributed by atoms with Gasteiger partial charge in [-0.25, -0.2) is 0 Å². The minimum absolute atomic E-state index is 0.119. The van der Waals surface area contributed by atoms with Crippen LogP contribution in [0.5, 0.6) is 11.5 Å². The molecule has 0 unspecified atom stereocenters. The van der Waals surface area contributed by atoms with Crippen molar-refractivity contribution in [3.05, 3.63) is 23.8 Å². The smallest absolute Gasteiger partial charge is 0.411 e. The molecule has 0 amide bonds. The average Bonchev–Trinajstić information content (AvgIpc) is 2.33. The molecule has 0 heterocycles. The predicted octanol–water partition coefficient (Wildman–Crippen LogP) is 2.81. The lowest BCUT2D eigenvalue weighted by Crippen LogP contribution is -2.19. The summed E-state index contributed by atoms with van der Waals surface area (Å²) in [5.74, 6) is 0.276. The second kappa shape index (κ2) is 6.42. The molecule has 0 aromatic heterocycles. The van der Waals surface area contributed by atoms with Crippen LogP contribution in [0.15, 0.2) is 18.2 Å². The Balaban J connectivity index is 2.67.